The van der Waals surface area contributed by atoms with Gasteiger partial charge in [-0.2, -0.15) is 4.37 Å². The number of benzene rings is 1. The highest BCUT2D eigenvalue weighted by Gasteiger charge is 2.21. The van der Waals surface area contributed by atoms with Crippen molar-refractivity contribution in [1.29, 1.82) is 0 Å². The zero-order valence-corrected chi connectivity index (χ0v) is 14.8. The van der Waals surface area contributed by atoms with Gasteiger partial charge in [-0.1, -0.05) is 17.7 Å². The van der Waals surface area contributed by atoms with Gasteiger partial charge in [0.25, 0.3) is 0 Å². The van der Waals surface area contributed by atoms with Crippen molar-refractivity contribution in [2.45, 2.75) is 27.7 Å². The molecule has 1 aromatic carbocycles. The topological polar surface area (TPSA) is 68.3 Å². The van der Waals surface area contributed by atoms with Crippen molar-refractivity contribution in [1.82, 2.24) is 4.37 Å². The van der Waals surface area contributed by atoms with Crippen LogP contribution in [0.4, 0.5) is 5.00 Å². The number of aryl methyl sites for hydroxylation is 4. The molecule has 5 nitrogen and oxygen atoms in total. The summed E-state index contributed by atoms with van der Waals surface area (Å²) in [6.07, 6.45) is 0. The summed E-state index contributed by atoms with van der Waals surface area (Å²) in [7, 11) is 1.72. The Bertz CT molecular complexity index is 742. The number of ketones is 1. The number of carbonyl (C=O) groups is 2. The van der Waals surface area contributed by atoms with Gasteiger partial charge in [-0.15, -0.1) is 0 Å². The SMILES string of the molecule is CNc1snc(C)c1C(=O)OCC(=O)c1c(C)cc(C)cc1C. The number of nitrogens with one attached hydrogen (secondary N) is 1. The van der Waals surface area contributed by atoms with Crippen LogP contribution in [0.25, 0.3) is 0 Å². The molecule has 2 rings (SSSR count). The van der Waals surface area contributed by atoms with Crippen LogP contribution in [0.5, 0.6) is 0 Å². The lowest BCUT2D eigenvalue weighted by atomic mass is 9.97. The summed E-state index contributed by atoms with van der Waals surface area (Å²) < 4.78 is 9.33. The van der Waals surface area contributed by atoms with E-state index in [1.807, 2.05) is 32.9 Å². The van der Waals surface area contributed by atoms with Crippen LogP contribution < -0.4 is 5.32 Å². The monoisotopic (exact) mass is 332 g/mol. The largest absolute Gasteiger partial charge is 0.454 e. The van der Waals surface area contributed by atoms with E-state index in [9.17, 15) is 9.59 Å². The Morgan fingerprint density at radius 2 is 1.74 bits per heavy atom. The fourth-order valence-corrected chi connectivity index (χ4v) is 3.41. The van der Waals surface area contributed by atoms with Crippen molar-refractivity contribution >= 4 is 28.3 Å². The maximum absolute atomic E-state index is 12.4. The van der Waals surface area contributed by atoms with Crippen LogP contribution in [0.1, 0.15) is 43.1 Å². The second-order valence-electron chi connectivity index (χ2n) is 5.50. The van der Waals surface area contributed by atoms with E-state index in [-0.39, 0.29) is 12.4 Å². The Morgan fingerprint density at radius 3 is 2.30 bits per heavy atom. The number of hydrogen-bond donors (Lipinski definition) is 1. The third-order valence-corrected chi connectivity index (χ3v) is 4.54. The van der Waals surface area contributed by atoms with E-state index in [0.29, 0.717) is 21.8 Å². The summed E-state index contributed by atoms with van der Waals surface area (Å²) in [5, 5.41) is 3.55. The number of carbonyl (C=O) groups excluding carboxylic acids is 2. The lowest BCUT2D eigenvalue weighted by molar-refractivity contribution is 0.0474. The highest BCUT2D eigenvalue weighted by Crippen LogP contribution is 2.25. The van der Waals surface area contributed by atoms with Crippen molar-refractivity contribution in [3.63, 3.8) is 0 Å². The van der Waals surface area contributed by atoms with Gasteiger partial charge in [-0.05, 0) is 50.4 Å². The van der Waals surface area contributed by atoms with Gasteiger partial charge in [0.15, 0.2) is 6.61 Å². The predicted octanol–water partition coefficient (Wildman–Crippen LogP) is 3.46. The minimum absolute atomic E-state index is 0.194. The first-order chi connectivity index (χ1) is 10.8. The van der Waals surface area contributed by atoms with Crippen molar-refractivity contribution < 1.29 is 14.3 Å². The van der Waals surface area contributed by atoms with Gasteiger partial charge in [0.05, 0.1) is 5.69 Å². The molecule has 0 spiro atoms. The summed E-state index contributed by atoms with van der Waals surface area (Å²) in [4.78, 5) is 24.6. The lowest BCUT2D eigenvalue weighted by Gasteiger charge is -2.11. The minimum Gasteiger partial charge on any atom is -0.454 e. The van der Waals surface area contributed by atoms with Gasteiger partial charge in [-0.25, -0.2) is 4.79 Å². The van der Waals surface area contributed by atoms with Crippen LogP contribution in [0, 0.1) is 27.7 Å². The molecule has 0 bridgehead atoms. The van der Waals surface area contributed by atoms with Crippen molar-refractivity contribution in [3.8, 4) is 0 Å². The Kier molecular flexibility index (Phi) is 5.15. The van der Waals surface area contributed by atoms with Gasteiger partial charge in [-0.3, -0.25) is 4.79 Å². The third-order valence-electron chi connectivity index (χ3n) is 3.58. The molecule has 0 amide bonds. The molecule has 2 aromatic rings. The van der Waals surface area contributed by atoms with Gasteiger partial charge < -0.3 is 10.1 Å². The van der Waals surface area contributed by atoms with E-state index >= 15 is 0 Å². The molecule has 0 saturated heterocycles. The number of esters is 1. The summed E-state index contributed by atoms with van der Waals surface area (Å²) in [5.41, 5.74) is 4.51. The summed E-state index contributed by atoms with van der Waals surface area (Å²) in [6.45, 7) is 7.23. The molecule has 0 unspecified atom stereocenters. The first kappa shape index (κ1) is 17.1. The Hall–Kier alpha value is -2.21. The van der Waals surface area contributed by atoms with Crippen LogP contribution in [0.3, 0.4) is 0 Å². The van der Waals surface area contributed by atoms with Gasteiger partial charge in [0, 0.05) is 12.6 Å². The van der Waals surface area contributed by atoms with Crippen molar-refractivity contribution in [3.05, 3.63) is 45.6 Å². The molecule has 0 aliphatic rings. The molecular weight excluding hydrogens is 312 g/mol. The fraction of sp³-hybridized carbons (Fsp3) is 0.353. The maximum atomic E-state index is 12.4. The van der Waals surface area contributed by atoms with E-state index in [1.165, 1.54) is 11.5 Å². The molecule has 0 atom stereocenters. The van der Waals surface area contributed by atoms with Gasteiger partial charge in [0.1, 0.15) is 10.6 Å². The number of Topliss-reactive ketones (excluding diaryl/α,β-unsaturated/α-hetero) is 1. The molecule has 1 heterocycles. The average molecular weight is 332 g/mol. The van der Waals surface area contributed by atoms with E-state index < -0.39 is 5.97 Å². The first-order valence-corrected chi connectivity index (χ1v) is 8.04. The molecule has 122 valence electrons. The highest BCUT2D eigenvalue weighted by atomic mass is 32.1. The molecule has 0 fully saturated rings. The number of nitrogens with zero attached hydrogens (tertiary/aromatic N) is 1. The quantitative estimate of drug-likeness (QED) is 0.671. The van der Waals surface area contributed by atoms with Gasteiger partial charge >= 0.3 is 5.97 Å². The zero-order chi connectivity index (χ0) is 17.1. The van der Waals surface area contributed by atoms with Crippen molar-refractivity contribution in [2.75, 3.05) is 19.0 Å². The summed E-state index contributed by atoms with van der Waals surface area (Å²) in [5.74, 6) is -0.725. The highest BCUT2D eigenvalue weighted by molar-refractivity contribution is 7.10. The Balaban J connectivity index is 2.13. The summed E-state index contributed by atoms with van der Waals surface area (Å²) in [6, 6.07) is 3.90. The van der Waals surface area contributed by atoms with Crippen LogP contribution in [-0.4, -0.2) is 29.8 Å². The molecule has 0 aliphatic carbocycles. The van der Waals surface area contributed by atoms with Crippen LogP contribution in [0.15, 0.2) is 12.1 Å². The zero-order valence-electron chi connectivity index (χ0n) is 13.9. The Morgan fingerprint density at radius 1 is 1.13 bits per heavy atom. The van der Waals surface area contributed by atoms with Crippen LogP contribution >= 0.6 is 11.5 Å². The number of aromatic nitrogens is 1. The molecule has 23 heavy (non-hydrogen) atoms. The predicted molar refractivity (Wildman–Crippen MR) is 91.7 cm³/mol. The molecule has 6 heteroatoms. The standard InChI is InChI=1S/C17H20N2O3S/c1-9-6-10(2)14(11(3)7-9)13(20)8-22-17(21)15-12(4)19-23-16(15)18-5/h6-7,18H,8H2,1-5H3. The fourth-order valence-electron chi connectivity index (χ4n) is 2.68. The first-order valence-electron chi connectivity index (χ1n) is 7.27. The third kappa shape index (κ3) is 3.59. The number of anilines is 1. The molecule has 0 saturated carbocycles. The number of rotatable bonds is 5. The second-order valence-corrected chi connectivity index (χ2v) is 6.27. The number of hydrogen-bond acceptors (Lipinski definition) is 6. The van der Waals surface area contributed by atoms with E-state index in [2.05, 4.69) is 9.69 Å². The van der Waals surface area contributed by atoms with E-state index in [0.717, 1.165) is 16.7 Å². The number of ether oxygens (including phenoxy) is 1. The molecule has 0 aliphatic heterocycles. The van der Waals surface area contributed by atoms with Crippen LogP contribution in [0.2, 0.25) is 0 Å². The molecule has 0 radical (unpaired) electrons. The summed E-state index contributed by atoms with van der Waals surface area (Å²) >= 11 is 1.19. The van der Waals surface area contributed by atoms with E-state index in [4.69, 9.17) is 4.74 Å². The normalized spacial score (nSPS) is 10.5. The minimum atomic E-state index is -0.531. The van der Waals surface area contributed by atoms with Crippen molar-refractivity contribution in [2.24, 2.45) is 0 Å². The van der Waals surface area contributed by atoms with Gasteiger partial charge in [0.2, 0.25) is 5.78 Å². The molecular formula is C17H20N2O3S. The average Bonchev–Trinajstić information content (AvgIpc) is 2.84. The van der Waals surface area contributed by atoms with Crippen LogP contribution in [-0.2, 0) is 4.74 Å². The maximum Gasteiger partial charge on any atom is 0.343 e. The second kappa shape index (κ2) is 6.91. The lowest BCUT2D eigenvalue weighted by Crippen LogP contribution is -2.17. The smallest absolute Gasteiger partial charge is 0.343 e. The van der Waals surface area contributed by atoms with E-state index in [1.54, 1.807) is 14.0 Å². The Labute approximate surface area is 139 Å². The molecule has 1 N–H and O–H groups in total. The molecule has 1 aromatic heterocycles.